The molecule has 0 radical (unpaired) electrons. The van der Waals surface area contributed by atoms with Crippen LogP contribution in [0.1, 0.15) is 31.2 Å². The van der Waals surface area contributed by atoms with E-state index in [1.807, 2.05) is 0 Å². The Balaban J connectivity index is 1.79. The lowest BCUT2D eigenvalue weighted by Crippen LogP contribution is -2.49. The lowest BCUT2D eigenvalue weighted by molar-refractivity contribution is -0.00675. The summed E-state index contributed by atoms with van der Waals surface area (Å²) in [5, 5.41) is 14.0. The third-order valence-electron chi connectivity index (χ3n) is 4.12. The minimum absolute atomic E-state index is 0.272. The van der Waals surface area contributed by atoms with E-state index in [1.165, 1.54) is 12.1 Å². The molecule has 2 bridgehead atoms. The molecule has 3 rings (SSSR count). The molecule has 0 aliphatic carbocycles. The summed E-state index contributed by atoms with van der Waals surface area (Å²) in [5.74, 6) is -1.14. The highest BCUT2D eigenvalue weighted by Crippen LogP contribution is 2.36. The van der Waals surface area contributed by atoms with Crippen LogP contribution in [0.15, 0.2) is 18.2 Å². The third kappa shape index (κ3) is 2.27. The Morgan fingerprint density at radius 2 is 1.89 bits per heavy atom. The van der Waals surface area contributed by atoms with E-state index in [0.717, 1.165) is 18.9 Å². The first-order valence-electron chi connectivity index (χ1n) is 6.46. The van der Waals surface area contributed by atoms with Crippen molar-refractivity contribution in [3.8, 4) is 0 Å². The summed E-state index contributed by atoms with van der Waals surface area (Å²) < 4.78 is 26.5. The van der Waals surface area contributed by atoms with Gasteiger partial charge in [0.05, 0.1) is 5.60 Å². The predicted molar refractivity (Wildman–Crippen MR) is 64.2 cm³/mol. The molecule has 1 aromatic carbocycles. The number of rotatable bonds is 2. The fourth-order valence-electron chi connectivity index (χ4n) is 3.39. The fraction of sp³-hybridized carbons (Fsp3) is 0.571. The highest BCUT2D eigenvalue weighted by Gasteiger charge is 2.42. The number of hydrogen-bond donors (Lipinski definition) is 2. The number of fused-ring (bicyclic) bond motifs is 2. The van der Waals surface area contributed by atoms with Crippen molar-refractivity contribution in [3.05, 3.63) is 35.4 Å². The number of halogens is 2. The molecule has 2 atom stereocenters. The quantitative estimate of drug-likeness (QED) is 0.846. The van der Waals surface area contributed by atoms with Gasteiger partial charge < -0.3 is 10.4 Å². The lowest BCUT2D eigenvalue weighted by Gasteiger charge is -2.37. The van der Waals surface area contributed by atoms with Crippen LogP contribution in [-0.4, -0.2) is 22.8 Å². The van der Waals surface area contributed by atoms with Gasteiger partial charge in [-0.2, -0.15) is 0 Å². The number of hydrogen-bond acceptors (Lipinski definition) is 2. The normalized spacial score (nSPS) is 34.8. The van der Waals surface area contributed by atoms with Crippen molar-refractivity contribution in [2.24, 2.45) is 0 Å². The van der Waals surface area contributed by atoms with Crippen molar-refractivity contribution in [1.29, 1.82) is 0 Å². The first kappa shape index (κ1) is 12.1. The summed E-state index contributed by atoms with van der Waals surface area (Å²) in [6.45, 7) is 0. The Morgan fingerprint density at radius 3 is 2.50 bits per heavy atom. The highest BCUT2D eigenvalue weighted by molar-refractivity contribution is 5.21. The van der Waals surface area contributed by atoms with Gasteiger partial charge in [0.25, 0.3) is 0 Å². The summed E-state index contributed by atoms with van der Waals surface area (Å²) in [6.07, 6.45) is 3.74. The van der Waals surface area contributed by atoms with Crippen molar-refractivity contribution in [3.63, 3.8) is 0 Å². The average Bonchev–Trinajstić information content (AvgIpc) is 2.63. The van der Waals surface area contributed by atoms with Crippen molar-refractivity contribution in [1.82, 2.24) is 5.32 Å². The maximum atomic E-state index is 13.6. The summed E-state index contributed by atoms with van der Waals surface area (Å²) in [7, 11) is 0. The largest absolute Gasteiger partial charge is 0.389 e. The second-order valence-electron chi connectivity index (χ2n) is 5.68. The Morgan fingerprint density at radius 1 is 1.22 bits per heavy atom. The zero-order valence-corrected chi connectivity index (χ0v) is 10.1. The average molecular weight is 253 g/mol. The number of benzene rings is 1. The van der Waals surface area contributed by atoms with Crippen molar-refractivity contribution in [2.75, 3.05) is 0 Å². The van der Waals surface area contributed by atoms with Gasteiger partial charge in [-0.1, -0.05) is 6.07 Å². The van der Waals surface area contributed by atoms with Gasteiger partial charge in [0.2, 0.25) is 0 Å². The van der Waals surface area contributed by atoms with Crippen LogP contribution in [0.3, 0.4) is 0 Å². The third-order valence-corrected chi connectivity index (χ3v) is 4.12. The molecule has 2 saturated heterocycles. The Kier molecular flexibility index (Phi) is 2.87. The first-order chi connectivity index (χ1) is 8.54. The highest BCUT2D eigenvalue weighted by atomic mass is 19.1. The molecule has 2 heterocycles. The molecule has 1 aromatic rings. The summed E-state index contributed by atoms with van der Waals surface area (Å²) >= 11 is 0. The molecule has 2 fully saturated rings. The molecule has 2 aliphatic heterocycles. The van der Waals surface area contributed by atoms with E-state index >= 15 is 0 Å². The van der Waals surface area contributed by atoms with Gasteiger partial charge in [0, 0.05) is 24.6 Å². The maximum Gasteiger partial charge on any atom is 0.129 e. The SMILES string of the molecule is OC1(Cc2ccc(F)cc2F)C[C@@H]2CC[C@@H](C1)N2. The van der Waals surface area contributed by atoms with Gasteiger partial charge in [-0.25, -0.2) is 8.78 Å². The number of piperidine rings is 1. The molecule has 0 spiro atoms. The van der Waals surface area contributed by atoms with E-state index in [1.54, 1.807) is 0 Å². The van der Waals surface area contributed by atoms with Crippen LogP contribution >= 0.6 is 0 Å². The van der Waals surface area contributed by atoms with Crippen LogP contribution in [0.25, 0.3) is 0 Å². The topological polar surface area (TPSA) is 32.3 Å². The van der Waals surface area contributed by atoms with Crippen LogP contribution in [-0.2, 0) is 6.42 Å². The van der Waals surface area contributed by atoms with Crippen LogP contribution in [0.5, 0.6) is 0 Å². The van der Waals surface area contributed by atoms with E-state index in [2.05, 4.69) is 5.32 Å². The fourth-order valence-corrected chi connectivity index (χ4v) is 3.39. The van der Waals surface area contributed by atoms with Crippen LogP contribution in [0.2, 0.25) is 0 Å². The summed E-state index contributed by atoms with van der Waals surface area (Å²) in [5.41, 5.74) is -0.448. The Labute approximate surface area is 105 Å². The number of aliphatic hydroxyl groups is 1. The van der Waals surface area contributed by atoms with Gasteiger partial charge >= 0.3 is 0 Å². The molecule has 4 heteroatoms. The van der Waals surface area contributed by atoms with Crippen molar-refractivity contribution in [2.45, 2.75) is 49.8 Å². The standard InChI is InChI=1S/C14H17F2NO/c15-10-2-1-9(13(16)5-10)6-14(18)7-11-3-4-12(8-14)17-11/h1-2,5,11-12,17-18H,3-4,6-8H2/t11-,12-/m0/s1. The van der Waals surface area contributed by atoms with Gasteiger partial charge in [0.15, 0.2) is 0 Å². The van der Waals surface area contributed by atoms with Crippen molar-refractivity contribution < 1.29 is 13.9 Å². The van der Waals surface area contributed by atoms with Gasteiger partial charge in [-0.3, -0.25) is 0 Å². The van der Waals surface area contributed by atoms with E-state index in [4.69, 9.17) is 0 Å². The molecule has 0 saturated carbocycles. The van der Waals surface area contributed by atoms with E-state index in [0.29, 0.717) is 30.5 Å². The molecule has 0 aromatic heterocycles. The molecular formula is C14H17F2NO. The predicted octanol–water partition coefficient (Wildman–Crippen LogP) is 2.15. The minimum atomic E-state index is -0.851. The molecular weight excluding hydrogens is 236 g/mol. The van der Waals surface area contributed by atoms with Crippen LogP contribution in [0, 0.1) is 11.6 Å². The maximum absolute atomic E-state index is 13.6. The van der Waals surface area contributed by atoms with Gasteiger partial charge in [-0.05, 0) is 37.3 Å². The molecule has 2 N–H and O–H groups in total. The lowest BCUT2D eigenvalue weighted by atomic mass is 9.82. The molecule has 2 aliphatic rings. The van der Waals surface area contributed by atoms with Crippen molar-refractivity contribution >= 4 is 0 Å². The monoisotopic (exact) mass is 253 g/mol. The van der Waals surface area contributed by atoms with Gasteiger partial charge in [0.1, 0.15) is 11.6 Å². The van der Waals surface area contributed by atoms with Gasteiger partial charge in [-0.15, -0.1) is 0 Å². The Bertz CT molecular complexity index is 451. The van der Waals surface area contributed by atoms with E-state index in [-0.39, 0.29) is 6.42 Å². The molecule has 2 nitrogen and oxygen atoms in total. The zero-order chi connectivity index (χ0) is 12.8. The summed E-state index contributed by atoms with van der Waals surface area (Å²) in [6, 6.07) is 4.26. The van der Waals surface area contributed by atoms with E-state index < -0.39 is 17.2 Å². The second kappa shape index (κ2) is 4.28. The molecule has 98 valence electrons. The summed E-state index contributed by atoms with van der Waals surface area (Å²) in [4.78, 5) is 0. The van der Waals surface area contributed by atoms with E-state index in [9.17, 15) is 13.9 Å². The molecule has 0 amide bonds. The molecule has 18 heavy (non-hydrogen) atoms. The smallest absolute Gasteiger partial charge is 0.129 e. The molecule has 0 unspecified atom stereocenters. The minimum Gasteiger partial charge on any atom is -0.389 e. The Hall–Kier alpha value is -1.00. The first-order valence-corrected chi connectivity index (χ1v) is 6.46. The van der Waals surface area contributed by atoms with Crippen LogP contribution in [0.4, 0.5) is 8.78 Å². The zero-order valence-electron chi connectivity index (χ0n) is 10.1. The number of nitrogens with one attached hydrogen (secondary N) is 1. The second-order valence-corrected chi connectivity index (χ2v) is 5.68. The van der Waals surface area contributed by atoms with Crippen LogP contribution < -0.4 is 5.32 Å².